The molecule has 0 aliphatic heterocycles. The number of hydrogen-bond donors (Lipinski definition) is 1. The maximum absolute atomic E-state index is 12.4. The highest BCUT2D eigenvalue weighted by atomic mass is 16.4. The Labute approximate surface area is 154 Å². The summed E-state index contributed by atoms with van der Waals surface area (Å²) in [5.41, 5.74) is 2.11. The van der Waals surface area contributed by atoms with E-state index in [-0.39, 0.29) is 12.1 Å². The summed E-state index contributed by atoms with van der Waals surface area (Å²) in [6.45, 7) is 0.174. The van der Waals surface area contributed by atoms with Crippen molar-refractivity contribution in [2.24, 2.45) is 0 Å². The maximum atomic E-state index is 12.4. The van der Waals surface area contributed by atoms with Crippen molar-refractivity contribution in [2.75, 3.05) is 0 Å². The number of benzene rings is 2. The van der Waals surface area contributed by atoms with Gasteiger partial charge in [-0.15, -0.1) is 0 Å². The fraction of sp³-hybridized carbons (Fsp3) is 0.0476. The molecular weight excluding hydrogens is 342 g/mol. The normalized spacial score (nSPS) is 10.7. The second-order valence-corrected chi connectivity index (χ2v) is 5.93. The molecule has 0 bridgehead atoms. The number of rotatable bonds is 4. The minimum absolute atomic E-state index is 0.0361. The number of aromatic nitrogens is 2. The van der Waals surface area contributed by atoms with Crippen LogP contribution in [0.4, 0.5) is 0 Å². The van der Waals surface area contributed by atoms with Crippen LogP contribution in [-0.2, 0) is 6.54 Å². The van der Waals surface area contributed by atoms with Crippen LogP contribution < -0.4 is 10.9 Å². The van der Waals surface area contributed by atoms with Crippen LogP contribution in [0.25, 0.3) is 22.2 Å². The Bertz CT molecular complexity index is 1170. The van der Waals surface area contributed by atoms with Gasteiger partial charge >= 0.3 is 5.63 Å². The molecule has 6 heteroatoms. The van der Waals surface area contributed by atoms with Crippen LogP contribution in [0.1, 0.15) is 16.1 Å². The van der Waals surface area contributed by atoms with Gasteiger partial charge in [0.25, 0.3) is 5.91 Å². The quantitative estimate of drug-likeness (QED) is 0.567. The molecule has 1 N–H and O–H groups in total. The molecule has 1 amide bonds. The number of nitrogens with zero attached hydrogens (tertiary/aromatic N) is 2. The first-order chi connectivity index (χ1) is 13.2. The highest BCUT2D eigenvalue weighted by Gasteiger charge is 2.13. The molecule has 132 valence electrons. The molecule has 0 saturated heterocycles. The Balaban J connectivity index is 1.53. The van der Waals surface area contributed by atoms with Gasteiger partial charge in [-0.2, -0.15) is 0 Å². The monoisotopic (exact) mass is 357 g/mol. The van der Waals surface area contributed by atoms with Gasteiger partial charge in [-0.1, -0.05) is 48.5 Å². The van der Waals surface area contributed by atoms with Crippen molar-refractivity contribution in [1.82, 2.24) is 15.3 Å². The van der Waals surface area contributed by atoms with Gasteiger partial charge in [-0.3, -0.25) is 4.79 Å². The molecule has 2 aromatic carbocycles. The third kappa shape index (κ3) is 3.59. The van der Waals surface area contributed by atoms with Crippen LogP contribution in [0.15, 0.2) is 82.3 Å². The molecule has 0 atom stereocenters. The van der Waals surface area contributed by atoms with Gasteiger partial charge < -0.3 is 9.73 Å². The van der Waals surface area contributed by atoms with E-state index in [1.165, 1.54) is 12.4 Å². The molecule has 2 heterocycles. The summed E-state index contributed by atoms with van der Waals surface area (Å²) in [7, 11) is 0. The first kappa shape index (κ1) is 16.7. The third-order valence-electron chi connectivity index (χ3n) is 4.11. The van der Waals surface area contributed by atoms with Crippen LogP contribution >= 0.6 is 0 Å². The SMILES string of the molecule is O=C(NCc1cc(-c2ccccc2)ncn1)c1cc2ccccc2oc1=O. The second-order valence-electron chi connectivity index (χ2n) is 5.93. The molecule has 0 unspecified atom stereocenters. The predicted molar refractivity (Wildman–Crippen MR) is 101 cm³/mol. The molecule has 0 aliphatic rings. The largest absolute Gasteiger partial charge is 0.422 e. The van der Waals surface area contributed by atoms with Crippen molar-refractivity contribution in [3.63, 3.8) is 0 Å². The summed E-state index contributed by atoms with van der Waals surface area (Å²) >= 11 is 0. The molecule has 0 spiro atoms. The molecule has 0 saturated carbocycles. The van der Waals surface area contributed by atoms with E-state index in [9.17, 15) is 9.59 Å². The van der Waals surface area contributed by atoms with Crippen molar-refractivity contribution >= 4 is 16.9 Å². The van der Waals surface area contributed by atoms with Crippen molar-refractivity contribution < 1.29 is 9.21 Å². The minimum Gasteiger partial charge on any atom is -0.422 e. The lowest BCUT2D eigenvalue weighted by Crippen LogP contribution is -2.28. The van der Waals surface area contributed by atoms with E-state index in [2.05, 4.69) is 15.3 Å². The zero-order chi connectivity index (χ0) is 18.6. The highest BCUT2D eigenvalue weighted by Crippen LogP contribution is 2.16. The summed E-state index contributed by atoms with van der Waals surface area (Å²) in [5.74, 6) is -0.505. The van der Waals surface area contributed by atoms with Crippen LogP contribution in [0, 0.1) is 0 Å². The summed E-state index contributed by atoms with van der Waals surface area (Å²) in [6, 6.07) is 20.1. The number of nitrogens with one attached hydrogen (secondary N) is 1. The van der Waals surface area contributed by atoms with E-state index in [1.807, 2.05) is 36.4 Å². The van der Waals surface area contributed by atoms with E-state index < -0.39 is 11.5 Å². The Morgan fingerprint density at radius 2 is 1.74 bits per heavy atom. The van der Waals surface area contributed by atoms with Crippen molar-refractivity contribution in [3.8, 4) is 11.3 Å². The van der Waals surface area contributed by atoms with E-state index in [0.717, 1.165) is 11.3 Å². The smallest absolute Gasteiger partial charge is 0.349 e. The molecule has 27 heavy (non-hydrogen) atoms. The second kappa shape index (κ2) is 7.21. The predicted octanol–water partition coefficient (Wildman–Crippen LogP) is 3.18. The average molecular weight is 357 g/mol. The van der Waals surface area contributed by atoms with E-state index >= 15 is 0 Å². The van der Waals surface area contributed by atoms with Gasteiger partial charge in [0, 0.05) is 10.9 Å². The Hall–Kier alpha value is -3.80. The standard InChI is InChI=1S/C21H15N3O3/c25-20(17-10-15-8-4-5-9-19(15)27-21(17)26)22-12-16-11-18(24-13-23-16)14-6-2-1-3-7-14/h1-11,13H,12H2,(H,22,25). The first-order valence-corrected chi connectivity index (χ1v) is 8.38. The Morgan fingerprint density at radius 3 is 2.59 bits per heavy atom. The van der Waals surface area contributed by atoms with Crippen LogP contribution in [0.2, 0.25) is 0 Å². The molecule has 0 fully saturated rings. The summed E-state index contributed by atoms with van der Waals surface area (Å²) in [5, 5.41) is 3.40. The van der Waals surface area contributed by atoms with Crippen LogP contribution in [0.5, 0.6) is 0 Å². The lowest BCUT2D eigenvalue weighted by atomic mass is 10.1. The number of para-hydroxylation sites is 1. The van der Waals surface area contributed by atoms with Gasteiger partial charge in [0.05, 0.1) is 17.9 Å². The van der Waals surface area contributed by atoms with Crippen LogP contribution in [0.3, 0.4) is 0 Å². The van der Waals surface area contributed by atoms with Crippen molar-refractivity contribution in [1.29, 1.82) is 0 Å². The lowest BCUT2D eigenvalue weighted by molar-refractivity contribution is 0.0947. The number of fused-ring (bicyclic) bond motifs is 1. The zero-order valence-electron chi connectivity index (χ0n) is 14.3. The molecule has 6 nitrogen and oxygen atoms in total. The number of amides is 1. The van der Waals surface area contributed by atoms with Crippen molar-refractivity contribution in [2.45, 2.75) is 6.54 Å². The van der Waals surface area contributed by atoms with Gasteiger partial charge in [0.1, 0.15) is 17.5 Å². The molecule has 4 rings (SSSR count). The molecule has 0 aliphatic carbocycles. The summed E-state index contributed by atoms with van der Waals surface area (Å²) in [4.78, 5) is 32.9. The number of hydrogen-bond acceptors (Lipinski definition) is 5. The summed E-state index contributed by atoms with van der Waals surface area (Å²) < 4.78 is 5.20. The first-order valence-electron chi connectivity index (χ1n) is 8.38. The lowest BCUT2D eigenvalue weighted by Gasteiger charge is -2.06. The topological polar surface area (TPSA) is 85.1 Å². The van der Waals surface area contributed by atoms with Gasteiger partial charge in [-0.25, -0.2) is 14.8 Å². The average Bonchev–Trinajstić information content (AvgIpc) is 2.72. The van der Waals surface area contributed by atoms with Gasteiger partial charge in [0.2, 0.25) is 0 Å². The molecule has 2 aromatic heterocycles. The van der Waals surface area contributed by atoms with E-state index in [1.54, 1.807) is 24.3 Å². The molecule has 0 radical (unpaired) electrons. The summed E-state index contributed by atoms with van der Waals surface area (Å²) in [6.07, 6.45) is 1.45. The van der Waals surface area contributed by atoms with Gasteiger partial charge in [0.15, 0.2) is 0 Å². The molecular formula is C21H15N3O3. The van der Waals surface area contributed by atoms with E-state index in [0.29, 0.717) is 16.7 Å². The number of carbonyl (C=O) groups excluding carboxylic acids is 1. The third-order valence-corrected chi connectivity index (χ3v) is 4.11. The molecule has 4 aromatic rings. The zero-order valence-corrected chi connectivity index (χ0v) is 14.3. The number of carbonyl (C=O) groups is 1. The van der Waals surface area contributed by atoms with Crippen molar-refractivity contribution in [3.05, 3.63) is 94.7 Å². The van der Waals surface area contributed by atoms with Gasteiger partial charge in [-0.05, 0) is 18.2 Å². The maximum Gasteiger partial charge on any atom is 0.349 e. The van der Waals surface area contributed by atoms with E-state index in [4.69, 9.17) is 4.42 Å². The Kier molecular flexibility index (Phi) is 4.45. The minimum atomic E-state index is -0.668. The fourth-order valence-corrected chi connectivity index (χ4v) is 2.75. The highest BCUT2D eigenvalue weighted by molar-refractivity contribution is 5.96. The van der Waals surface area contributed by atoms with Crippen LogP contribution in [-0.4, -0.2) is 15.9 Å². The Morgan fingerprint density at radius 1 is 0.963 bits per heavy atom. The fourth-order valence-electron chi connectivity index (χ4n) is 2.75.